The molecule has 9 heteroatoms. The van der Waals surface area contributed by atoms with E-state index in [0.717, 1.165) is 45.2 Å². The molecule has 0 unspecified atom stereocenters. The Kier molecular flexibility index (Phi) is 5.46. The smallest absolute Gasteiger partial charge is 0.138 e. The van der Waals surface area contributed by atoms with E-state index in [1.54, 1.807) is 0 Å². The second-order valence-corrected chi connectivity index (χ2v) is 10.8. The molecule has 2 aromatic heterocycles. The highest BCUT2D eigenvalue weighted by molar-refractivity contribution is 9.10. The maximum Gasteiger partial charge on any atom is 0.138 e. The van der Waals surface area contributed by atoms with Gasteiger partial charge in [0.2, 0.25) is 0 Å². The number of benzene rings is 1. The van der Waals surface area contributed by atoms with Gasteiger partial charge in [0.1, 0.15) is 29.9 Å². The molecule has 2 aliphatic rings. The summed E-state index contributed by atoms with van der Waals surface area (Å²) in [5, 5.41) is 22.8. The summed E-state index contributed by atoms with van der Waals surface area (Å²) in [5.74, 6) is 1.70. The van der Waals surface area contributed by atoms with Gasteiger partial charge in [-0.1, -0.05) is 26.0 Å². The number of fused-ring (bicyclic) bond motifs is 2. The van der Waals surface area contributed by atoms with E-state index in [0.29, 0.717) is 24.6 Å². The molecule has 33 heavy (non-hydrogen) atoms. The van der Waals surface area contributed by atoms with Gasteiger partial charge in [0.15, 0.2) is 0 Å². The second kappa shape index (κ2) is 8.07. The van der Waals surface area contributed by atoms with E-state index >= 15 is 0 Å². The molecule has 3 aromatic rings. The van der Waals surface area contributed by atoms with Crippen LogP contribution >= 0.6 is 15.9 Å². The Morgan fingerprint density at radius 1 is 1.12 bits per heavy atom. The minimum atomic E-state index is -0.844. The summed E-state index contributed by atoms with van der Waals surface area (Å²) in [6, 6.07) is 7.93. The minimum absolute atomic E-state index is 0.0185. The third-order valence-corrected chi connectivity index (χ3v) is 7.84. The Bertz CT molecular complexity index is 1220. The Morgan fingerprint density at radius 3 is 2.70 bits per heavy atom. The lowest BCUT2D eigenvalue weighted by Gasteiger charge is -2.30. The van der Waals surface area contributed by atoms with Crippen molar-refractivity contribution in [2.75, 3.05) is 22.9 Å². The quantitative estimate of drug-likeness (QED) is 0.419. The van der Waals surface area contributed by atoms with E-state index < -0.39 is 12.2 Å². The van der Waals surface area contributed by atoms with Crippen LogP contribution in [-0.2, 0) is 11.8 Å². The van der Waals surface area contributed by atoms with E-state index in [1.165, 1.54) is 6.33 Å². The van der Waals surface area contributed by atoms with Gasteiger partial charge in [0, 0.05) is 22.9 Å². The van der Waals surface area contributed by atoms with E-state index in [4.69, 9.17) is 11.5 Å². The molecule has 0 spiro atoms. The first-order chi connectivity index (χ1) is 15.7. The molecule has 1 aliphatic carbocycles. The zero-order valence-corrected chi connectivity index (χ0v) is 20.3. The van der Waals surface area contributed by atoms with Crippen molar-refractivity contribution in [1.82, 2.24) is 15.0 Å². The molecular weight excluding hydrogens is 484 g/mol. The van der Waals surface area contributed by atoms with Crippen molar-refractivity contribution in [3.8, 4) is 0 Å². The third kappa shape index (κ3) is 3.82. The molecule has 5 rings (SSSR count). The highest BCUT2D eigenvalue weighted by atomic mass is 79.9. The fraction of sp³-hybridized carbons (Fsp3) is 0.458. The fourth-order valence-corrected chi connectivity index (χ4v) is 5.85. The van der Waals surface area contributed by atoms with Crippen LogP contribution in [0.15, 0.2) is 35.1 Å². The number of rotatable bonds is 4. The van der Waals surface area contributed by atoms with Gasteiger partial charge in [0.25, 0.3) is 0 Å². The summed E-state index contributed by atoms with van der Waals surface area (Å²) in [4.78, 5) is 15.2. The van der Waals surface area contributed by atoms with Gasteiger partial charge in [0.05, 0.1) is 22.1 Å². The number of aliphatic hydroxyl groups excluding tert-OH is 2. The number of hydrogen-bond donors (Lipinski definition) is 4. The van der Waals surface area contributed by atoms with Crippen LogP contribution in [0.1, 0.15) is 37.8 Å². The molecule has 174 valence electrons. The highest BCUT2D eigenvalue weighted by Crippen LogP contribution is 2.46. The van der Waals surface area contributed by atoms with Crippen LogP contribution < -0.4 is 16.4 Å². The molecule has 6 N–H and O–H groups in total. The van der Waals surface area contributed by atoms with Crippen LogP contribution in [0.4, 0.5) is 17.5 Å². The summed E-state index contributed by atoms with van der Waals surface area (Å²) in [6.45, 7) is 4.90. The van der Waals surface area contributed by atoms with Gasteiger partial charge < -0.3 is 26.6 Å². The van der Waals surface area contributed by atoms with Crippen molar-refractivity contribution < 1.29 is 10.2 Å². The summed E-state index contributed by atoms with van der Waals surface area (Å²) in [7, 11) is 0. The van der Waals surface area contributed by atoms with Crippen molar-refractivity contribution >= 4 is 44.3 Å². The van der Waals surface area contributed by atoms with Crippen molar-refractivity contribution in [2.24, 2.45) is 5.92 Å². The molecule has 0 saturated heterocycles. The van der Waals surface area contributed by atoms with Crippen LogP contribution in [0.25, 0.3) is 10.9 Å². The summed E-state index contributed by atoms with van der Waals surface area (Å²) in [5.41, 5.74) is 14.8. The third-order valence-electron chi connectivity index (χ3n) is 7.21. The number of halogens is 1. The number of aryl methyl sites for hydroxylation is 1. The second-order valence-electron chi connectivity index (χ2n) is 9.93. The molecule has 1 saturated carbocycles. The van der Waals surface area contributed by atoms with Crippen molar-refractivity contribution in [2.45, 2.75) is 56.8 Å². The van der Waals surface area contributed by atoms with E-state index in [2.05, 4.69) is 55.7 Å². The van der Waals surface area contributed by atoms with E-state index in [9.17, 15) is 10.2 Å². The molecule has 0 radical (unpaired) electrons. The van der Waals surface area contributed by atoms with Crippen LogP contribution in [0.3, 0.4) is 0 Å². The number of aliphatic hydroxyl groups is 2. The first kappa shape index (κ1) is 22.3. The standard InChI is InChI=1S/C24H29BrN6O2/c1-24(2)10-31(23-18(24)22(27)28-11-29-23)17-9-14(19(32)20(17)33)6-4-12-3-5-13-8-15(25)21(26)30-16(13)7-12/h3,5,7-8,11,14,17,19-20,32-33H,4,6,9-10H2,1-2H3,(H2,26,30)(H2,27,28,29)/t14-,17+,19+,20-/m0/s1. The predicted molar refractivity (Wildman–Crippen MR) is 133 cm³/mol. The maximum absolute atomic E-state index is 11.0. The molecule has 0 bridgehead atoms. The topological polar surface area (TPSA) is 134 Å². The van der Waals surface area contributed by atoms with Gasteiger partial charge in [-0.25, -0.2) is 15.0 Å². The van der Waals surface area contributed by atoms with Crippen molar-refractivity contribution in [1.29, 1.82) is 0 Å². The normalized spacial score (nSPS) is 26.2. The molecule has 4 atom stereocenters. The SMILES string of the molecule is CC1(C)CN([C@@H]2C[C@H](CCc3ccc4cc(Br)c(N)nc4c3)[C@@H](O)[C@H]2O)c2ncnc(N)c21. The van der Waals surface area contributed by atoms with Crippen LogP contribution in [0.2, 0.25) is 0 Å². The van der Waals surface area contributed by atoms with Gasteiger partial charge in [-0.15, -0.1) is 0 Å². The lowest BCUT2D eigenvalue weighted by atomic mass is 9.88. The highest BCUT2D eigenvalue weighted by Gasteiger charge is 2.49. The monoisotopic (exact) mass is 512 g/mol. The Morgan fingerprint density at radius 2 is 1.91 bits per heavy atom. The first-order valence-corrected chi connectivity index (χ1v) is 12.0. The first-order valence-electron chi connectivity index (χ1n) is 11.2. The molecule has 1 aliphatic heterocycles. The number of anilines is 3. The lowest BCUT2D eigenvalue weighted by molar-refractivity contribution is 0.0129. The zero-order valence-electron chi connectivity index (χ0n) is 18.7. The van der Waals surface area contributed by atoms with Crippen LogP contribution in [-0.4, -0.2) is 50.0 Å². The predicted octanol–water partition coefficient (Wildman–Crippen LogP) is 2.79. The largest absolute Gasteiger partial charge is 0.390 e. The molecule has 1 fully saturated rings. The molecule has 3 heterocycles. The van der Waals surface area contributed by atoms with Gasteiger partial charge >= 0.3 is 0 Å². The van der Waals surface area contributed by atoms with Gasteiger partial charge in [-0.3, -0.25) is 0 Å². The van der Waals surface area contributed by atoms with E-state index in [1.807, 2.05) is 18.2 Å². The number of pyridine rings is 1. The average Bonchev–Trinajstić information content (AvgIpc) is 3.21. The number of nitrogen functional groups attached to an aromatic ring is 2. The molecule has 8 nitrogen and oxygen atoms in total. The Hall–Kier alpha value is -2.49. The molecular formula is C24H29BrN6O2. The van der Waals surface area contributed by atoms with Gasteiger partial charge in [-0.2, -0.15) is 0 Å². The number of hydrogen-bond acceptors (Lipinski definition) is 8. The number of nitrogens with zero attached hydrogens (tertiary/aromatic N) is 4. The average molecular weight is 513 g/mol. The van der Waals surface area contributed by atoms with Crippen LogP contribution in [0.5, 0.6) is 0 Å². The minimum Gasteiger partial charge on any atom is -0.390 e. The van der Waals surface area contributed by atoms with E-state index in [-0.39, 0.29) is 17.4 Å². The summed E-state index contributed by atoms with van der Waals surface area (Å²) in [6.07, 6.45) is 2.08. The summed E-state index contributed by atoms with van der Waals surface area (Å²) >= 11 is 3.42. The molecule has 0 amide bonds. The Labute approximate surface area is 201 Å². The zero-order chi connectivity index (χ0) is 23.5. The number of nitrogens with two attached hydrogens (primary N) is 2. The van der Waals surface area contributed by atoms with Crippen molar-refractivity contribution in [3.05, 3.63) is 46.2 Å². The maximum atomic E-state index is 11.0. The van der Waals surface area contributed by atoms with Crippen molar-refractivity contribution in [3.63, 3.8) is 0 Å². The lowest BCUT2D eigenvalue weighted by Crippen LogP contribution is -2.44. The Balaban J connectivity index is 1.33. The van der Waals surface area contributed by atoms with Gasteiger partial charge in [-0.05, 0) is 58.8 Å². The summed E-state index contributed by atoms with van der Waals surface area (Å²) < 4.78 is 0.788. The molecule has 1 aromatic carbocycles. The fourth-order valence-electron chi connectivity index (χ4n) is 5.52. The van der Waals surface area contributed by atoms with Crippen LogP contribution in [0, 0.1) is 5.92 Å². The number of aromatic nitrogens is 3.